The molecule has 0 bridgehead atoms. The van der Waals surface area contributed by atoms with E-state index >= 15 is 0 Å². The third-order valence-electron chi connectivity index (χ3n) is 12.1. The van der Waals surface area contributed by atoms with Crippen molar-refractivity contribution in [3.63, 3.8) is 0 Å². The van der Waals surface area contributed by atoms with Crippen LogP contribution < -0.4 is 5.19 Å². The van der Waals surface area contributed by atoms with E-state index in [-0.39, 0.29) is 42.8 Å². The first-order valence-electron chi connectivity index (χ1n) is 23.2. The van der Waals surface area contributed by atoms with Crippen LogP contribution in [0.2, 0.25) is 19.6 Å². The standard InChI is InChI=1S/C40H38N3O.C19H26NSi.Ir/c1-24(2)31-22-27(26-14-9-8-10-15-26)23-32(25(3)4)36(31)43-33-20-21-35(40(5,6)7)41-38(33)42-39(43)30-18-13-17-29-28-16-11-12-19-34(28)44-37(29)30;1-19(2,3)13-16-12-17(15-10-8-7-9-11-15)20-14-18(16)21(4,5)6;/h8-17,19-25H,1-7H3;7-10,12,14H,13H2,1-6H3;/q2*-1;. The van der Waals surface area contributed by atoms with Gasteiger partial charge in [-0.15, -0.1) is 54.1 Å². The van der Waals surface area contributed by atoms with Crippen LogP contribution in [0.1, 0.15) is 103 Å². The van der Waals surface area contributed by atoms with Gasteiger partial charge in [-0.3, -0.25) is 4.98 Å². The molecule has 0 spiro atoms. The molecule has 4 heterocycles. The summed E-state index contributed by atoms with van der Waals surface area (Å²) in [5, 5.41) is 3.63. The summed E-state index contributed by atoms with van der Waals surface area (Å²) < 4.78 is 8.86. The Bertz CT molecular complexity index is 3100. The first-order chi connectivity index (χ1) is 30.8. The maximum atomic E-state index is 6.53. The van der Waals surface area contributed by atoms with Crippen molar-refractivity contribution in [3.05, 3.63) is 162 Å². The van der Waals surface area contributed by atoms with Gasteiger partial charge in [-0.1, -0.05) is 160 Å². The number of pyridine rings is 2. The van der Waals surface area contributed by atoms with Crippen molar-refractivity contribution in [1.29, 1.82) is 0 Å². The number of imidazole rings is 1. The largest absolute Gasteiger partial charge is 0.501 e. The Morgan fingerprint density at radius 2 is 1.35 bits per heavy atom. The molecule has 0 saturated carbocycles. The van der Waals surface area contributed by atoms with Gasteiger partial charge in [-0.05, 0) is 87.1 Å². The zero-order chi connectivity index (χ0) is 46.4. The van der Waals surface area contributed by atoms with Crippen LogP contribution in [0.15, 0.2) is 132 Å². The first kappa shape index (κ1) is 48.5. The molecule has 5 aromatic carbocycles. The number of nitrogens with zero attached hydrogens (tertiary/aromatic N) is 4. The molecule has 66 heavy (non-hydrogen) atoms. The molecular weight excluding hydrogens is 1000 g/mol. The van der Waals surface area contributed by atoms with E-state index in [4.69, 9.17) is 19.4 Å². The second kappa shape index (κ2) is 19.0. The molecule has 9 rings (SSSR count). The Morgan fingerprint density at radius 3 is 1.97 bits per heavy atom. The molecule has 0 N–H and O–H groups in total. The normalized spacial score (nSPS) is 12.2. The summed E-state index contributed by atoms with van der Waals surface area (Å²) in [6, 6.07) is 49.2. The van der Waals surface area contributed by atoms with E-state index in [9.17, 15) is 0 Å². The maximum Gasteiger partial charge on any atom is 0.168 e. The van der Waals surface area contributed by atoms with E-state index in [1.165, 1.54) is 38.7 Å². The third-order valence-corrected chi connectivity index (χ3v) is 14.2. The van der Waals surface area contributed by atoms with Crippen LogP contribution in [-0.2, 0) is 31.9 Å². The number of hydrogen-bond donors (Lipinski definition) is 0. The number of furan rings is 1. The number of hydrogen-bond acceptors (Lipinski definition) is 4. The number of fused-ring (bicyclic) bond motifs is 4. The van der Waals surface area contributed by atoms with E-state index < -0.39 is 8.07 Å². The molecule has 7 heteroatoms. The molecule has 9 aromatic rings. The van der Waals surface area contributed by atoms with Crippen molar-refractivity contribution in [2.45, 2.75) is 113 Å². The monoisotopic (exact) mass is 1070 g/mol. The molecule has 0 fully saturated rings. The summed E-state index contributed by atoms with van der Waals surface area (Å²) in [6.07, 6.45) is 3.21. The summed E-state index contributed by atoms with van der Waals surface area (Å²) >= 11 is 0. The second-order valence-corrected chi connectivity index (χ2v) is 26.5. The average Bonchev–Trinajstić information content (AvgIpc) is 3.84. The Balaban J connectivity index is 0.000000249. The Kier molecular flexibility index (Phi) is 14.0. The van der Waals surface area contributed by atoms with Gasteiger partial charge in [0.05, 0.1) is 25.0 Å². The fourth-order valence-corrected chi connectivity index (χ4v) is 10.4. The number of rotatable bonds is 8. The summed E-state index contributed by atoms with van der Waals surface area (Å²) in [4.78, 5) is 15.1. The number of benzene rings is 5. The summed E-state index contributed by atoms with van der Waals surface area (Å²) in [5.74, 6) is 1.33. The Labute approximate surface area is 407 Å². The molecule has 0 aliphatic heterocycles. The predicted molar refractivity (Wildman–Crippen MR) is 277 cm³/mol. The molecule has 4 aromatic heterocycles. The van der Waals surface area contributed by atoms with Crippen molar-refractivity contribution in [3.8, 4) is 39.5 Å². The van der Waals surface area contributed by atoms with Gasteiger partial charge in [0.2, 0.25) is 0 Å². The Hall–Kier alpha value is -5.46. The number of aromatic nitrogens is 4. The van der Waals surface area contributed by atoms with E-state index in [1.54, 1.807) is 0 Å². The van der Waals surface area contributed by atoms with E-state index in [0.717, 1.165) is 67.9 Å². The van der Waals surface area contributed by atoms with E-state index in [2.05, 4.69) is 197 Å². The fraction of sp³-hybridized carbons (Fsp3) is 0.305. The minimum atomic E-state index is -1.37. The van der Waals surface area contributed by atoms with E-state index in [0.29, 0.717) is 0 Å². The molecule has 341 valence electrons. The zero-order valence-electron chi connectivity index (χ0n) is 41.0. The third kappa shape index (κ3) is 10.1. The molecule has 0 aliphatic rings. The SMILES string of the molecule is CC(C)(C)Cc1cc(-c2[c-]cccc2)ncc1[Si](C)(C)C.CC(C)c1cc(-c2ccccc2)cc(C(C)C)c1-n1c(-c2[c-]ccc3c2oc2ccccc23)nc2nc(C(C)(C)C)ccc21.[Ir]. The van der Waals surface area contributed by atoms with Crippen LogP contribution >= 0.6 is 0 Å². The van der Waals surface area contributed by atoms with Crippen molar-refractivity contribution in [1.82, 2.24) is 19.5 Å². The van der Waals surface area contributed by atoms with Gasteiger partial charge in [0, 0.05) is 48.5 Å². The van der Waals surface area contributed by atoms with Gasteiger partial charge in [0.1, 0.15) is 5.58 Å². The van der Waals surface area contributed by atoms with Gasteiger partial charge in [0.25, 0.3) is 0 Å². The molecule has 1 radical (unpaired) electrons. The van der Waals surface area contributed by atoms with Gasteiger partial charge in [-0.25, -0.2) is 4.98 Å². The second-order valence-electron chi connectivity index (χ2n) is 21.4. The molecule has 0 saturated heterocycles. The van der Waals surface area contributed by atoms with Crippen LogP contribution in [0.5, 0.6) is 0 Å². The molecule has 0 atom stereocenters. The molecule has 0 amide bonds. The van der Waals surface area contributed by atoms with Crippen molar-refractivity contribution < 1.29 is 24.5 Å². The summed E-state index contributed by atoms with van der Waals surface area (Å²) in [5.41, 5.74) is 15.1. The van der Waals surface area contributed by atoms with Crippen LogP contribution in [-0.4, -0.2) is 27.6 Å². The van der Waals surface area contributed by atoms with E-state index in [1.807, 2.05) is 36.4 Å². The zero-order valence-corrected chi connectivity index (χ0v) is 44.4. The van der Waals surface area contributed by atoms with Crippen molar-refractivity contribution >= 4 is 46.4 Å². The van der Waals surface area contributed by atoms with Crippen LogP contribution in [0.4, 0.5) is 0 Å². The van der Waals surface area contributed by atoms with Crippen molar-refractivity contribution in [2.75, 3.05) is 0 Å². The van der Waals surface area contributed by atoms with Gasteiger partial charge >= 0.3 is 0 Å². The van der Waals surface area contributed by atoms with Crippen molar-refractivity contribution in [2.24, 2.45) is 5.41 Å². The Morgan fingerprint density at radius 1 is 0.682 bits per heavy atom. The predicted octanol–water partition coefficient (Wildman–Crippen LogP) is 15.7. The average molecular weight is 1070 g/mol. The van der Waals surface area contributed by atoms with Crippen LogP contribution in [0.25, 0.3) is 72.6 Å². The minimum absolute atomic E-state index is 0. The molecule has 0 unspecified atom stereocenters. The fourth-order valence-electron chi connectivity index (χ4n) is 8.84. The quantitative estimate of drug-likeness (QED) is 0.112. The van der Waals surface area contributed by atoms with Gasteiger partial charge in [-0.2, -0.15) is 0 Å². The summed E-state index contributed by atoms with van der Waals surface area (Å²) in [7, 11) is -1.37. The van der Waals surface area contributed by atoms with Gasteiger partial charge < -0.3 is 14.0 Å². The first-order valence-corrected chi connectivity index (χ1v) is 26.7. The molecule has 5 nitrogen and oxygen atoms in total. The minimum Gasteiger partial charge on any atom is -0.501 e. The smallest absolute Gasteiger partial charge is 0.168 e. The van der Waals surface area contributed by atoms with Gasteiger partial charge in [0.15, 0.2) is 5.65 Å². The number of para-hydroxylation sites is 1. The summed E-state index contributed by atoms with van der Waals surface area (Å²) in [6.45, 7) is 29.8. The van der Waals surface area contributed by atoms with Crippen LogP contribution in [0, 0.1) is 17.5 Å². The maximum absolute atomic E-state index is 6.53. The topological polar surface area (TPSA) is 56.7 Å². The molecule has 0 aliphatic carbocycles. The van der Waals surface area contributed by atoms with Crippen LogP contribution in [0.3, 0.4) is 0 Å². The molecular formula is C59H64IrN4OSi-2.